The summed E-state index contributed by atoms with van der Waals surface area (Å²) >= 11 is 0. The number of guanidine groups is 1. The van der Waals surface area contributed by atoms with Crippen LogP contribution in [0.15, 0.2) is 4.99 Å². The molecule has 1 saturated heterocycles. The first-order chi connectivity index (χ1) is 11.4. The first kappa shape index (κ1) is 25.1. The summed E-state index contributed by atoms with van der Waals surface area (Å²) in [4.78, 5) is 18.0. The lowest BCUT2D eigenvalue weighted by Gasteiger charge is -2.35. The number of nitrogens with zero attached hydrogens (tertiary/aromatic N) is 2. The largest absolute Gasteiger partial charge is 0.444 e. The molecular weight excluding hydrogens is 461 g/mol. The number of halogens is 3. The van der Waals surface area contributed by atoms with Crippen LogP contribution in [0.25, 0.3) is 0 Å². The number of hydrogen-bond donors (Lipinski definition) is 2. The van der Waals surface area contributed by atoms with Gasteiger partial charge in [0, 0.05) is 13.6 Å². The molecule has 1 rings (SSSR count). The van der Waals surface area contributed by atoms with Gasteiger partial charge in [-0.1, -0.05) is 0 Å². The highest BCUT2D eigenvalue weighted by Crippen LogP contribution is 2.33. The Morgan fingerprint density at radius 3 is 2.38 bits per heavy atom. The number of aliphatic imine (C=N–C) groups is 1. The fraction of sp³-hybridized carbons (Fsp3) is 0.875. The molecule has 0 spiro atoms. The second-order valence-corrected chi connectivity index (χ2v) is 7.41. The van der Waals surface area contributed by atoms with E-state index in [1.807, 2.05) is 6.92 Å². The summed E-state index contributed by atoms with van der Waals surface area (Å²) in [7, 11) is 1.49. The predicted molar refractivity (Wildman–Crippen MR) is 107 cm³/mol. The first-order valence-corrected chi connectivity index (χ1v) is 8.30. The molecule has 0 bridgehead atoms. The van der Waals surface area contributed by atoms with Gasteiger partial charge in [0.05, 0.1) is 18.7 Å². The summed E-state index contributed by atoms with van der Waals surface area (Å²) in [6.45, 7) is 10.6. The fourth-order valence-electron chi connectivity index (χ4n) is 2.72. The molecule has 1 fully saturated rings. The molecule has 1 aliphatic heterocycles. The Morgan fingerprint density at radius 1 is 1.35 bits per heavy atom. The van der Waals surface area contributed by atoms with Crippen LogP contribution in [-0.4, -0.2) is 67.0 Å². The van der Waals surface area contributed by atoms with Gasteiger partial charge in [0.2, 0.25) is 0 Å². The molecule has 1 amide bonds. The van der Waals surface area contributed by atoms with Crippen molar-refractivity contribution in [3.63, 3.8) is 0 Å². The maximum atomic E-state index is 12.6. The molecule has 2 unspecified atom stereocenters. The first-order valence-electron chi connectivity index (χ1n) is 8.30. The zero-order valence-electron chi connectivity index (χ0n) is 16.4. The van der Waals surface area contributed by atoms with E-state index in [2.05, 4.69) is 15.6 Å². The van der Waals surface area contributed by atoms with Crippen molar-refractivity contribution in [3.8, 4) is 0 Å². The van der Waals surface area contributed by atoms with Crippen LogP contribution in [-0.2, 0) is 9.47 Å². The van der Waals surface area contributed by atoms with Crippen LogP contribution in [0.5, 0.6) is 0 Å². The minimum Gasteiger partial charge on any atom is -0.444 e. The van der Waals surface area contributed by atoms with Crippen molar-refractivity contribution < 1.29 is 23.0 Å². The SMILES string of the molecule is CN=C(NCC(F)F)NCC1C(C)OC(C)(C)N1C(=O)OC(C)(C)C.I. The van der Waals surface area contributed by atoms with Crippen LogP contribution >= 0.6 is 24.0 Å². The second-order valence-electron chi connectivity index (χ2n) is 7.41. The Balaban J connectivity index is 0.00000625. The summed E-state index contributed by atoms with van der Waals surface area (Å²) in [5.41, 5.74) is -1.47. The van der Waals surface area contributed by atoms with Crippen molar-refractivity contribution in [2.75, 3.05) is 20.1 Å². The average molecular weight is 492 g/mol. The van der Waals surface area contributed by atoms with E-state index in [1.54, 1.807) is 34.6 Å². The number of carbonyl (C=O) groups is 1. The van der Waals surface area contributed by atoms with Crippen molar-refractivity contribution in [1.29, 1.82) is 0 Å². The molecule has 0 saturated carbocycles. The predicted octanol–water partition coefficient (Wildman–Crippen LogP) is 2.80. The van der Waals surface area contributed by atoms with Gasteiger partial charge >= 0.3 is 6.09 Å². The van der Waals surface area contributed by atoms with E-state index in [0.29, 0.717) is 0 Å². The highest BCUT2D eigenvalue weighted by Gasteiger charge is 2.49. The number of hydrogen-bond acceptors (Lipinski definition) is 4. The number of rotatable bonds is 4. The quantitative estimate of drug-likeness (QED) is 0.359. The highest BCUT2D eigenvalue weighted by molar-refractivity contribution is 14.0. The van der Waals surface area contributed by atoms with Gasteiger partial charge in [0.15, 0.2) is 5.96 Å². The number of alkyl halides is 2. The molecule has 2 atom stereocenters. The Hall–Kier alpha value is -0.910. The summed E-state index contributed by atoms with van der Waals surface area (Å²) in [6.07, 6.45) is -3.23. The molecule has 26 heavy (non-hydrogen) atoms. The van der Waals surface area contributed by atoms with Gasteiger partial charge in [0.1, 0.15) is 11.3 Å². The molecular formula is C16H31F2IN4O3. The monoisotopic (exact) mass is 492 g/mol. The van der Waals surface area contributed by atoms with E-state index >= 15 is 0 Å². The van der Waals surface area contributed by atoms with E-state index in [1.165, 1.54) is 11.9 Å². The zero-order chi connectivity index (χ0) is 19.4. The van der Waals surface area contributed by atoms with Crippen molar-refractivity contribution in [3.05, 3.63) is 0 Å². The molecule has 2 N–H and O–H groups in total. The van der Waals surface area contributed by atoms with Crippen molar-refractivity contribution >= 4 is 36.0 Å². The summed E-state index contributed by atoms with van der Waals surface area (Å²) in [6, 6.07) is -0.338. The van der Waals surface area contributed by atoms with Gasteiger partial charge in [0.25, 0.3) is 6.43 Å². The molecule has 0 aromatic carbocycles. The summed E-state index contributed by atoms with van der Waals surface area (Å²) < 4.78 is 36.0. The van der Waals surface area contributed by atoms with Crippen LogP contribution in [0.3, 0.4) is 0 Å². The lowest BCUT2D eigenvalue weighted by molar-refractivity contribution is -0.0755. The minimum atomic E-state index is -2.48. The highest BCUT2D eigenvalue weighted by atomic mass is 127. The van der Waals surface area contributed by atoms with Crippen LogP contribution in [0, 0.1) is 0 Å². The van der Waals surface area contributed by atoms with E-state index in [-0.39, 0.29) is 48.6 Å². The molecule has 154 valence electrons. The molecule has 1 heterocycles. The standard InChI is InChI=1S/C16H30F2N4O3.HI/c1-10-11(8-20-13(19-7)21-9-12(17)18)22(16(5,6)24-10)14(23)25-15(2,3)4;/h10-12H,8-9H2,1-7H3,(H2,19,20,21);1H. The van der Waals surface area contributed by atoms with E-state index in [9.17, 15) is 13.6 Å². The van der Waals surface area contributed by atoms with Gasteiger partial charge in [-0.2, -0.15) is 0 Å². The molecule has 7 nitrogen and oxygen atoms in total. The number of amides is 1. The van der Waals surface area contributed by atoms with E-state index in [4.69, 9.17) is 9.47 Å². The van der Waals surface area contributed by atoms with Crippen LogP contribution in [0.1, 0.15) is 41.5 Å². The normalized spacial score (nSPS) is 22.8. The van der Waals surface area contributed by atoms with Crippen molar-refractivity contribution in [2.24, 2.45) is 4.99 Å². The Labute approximate surface area is 171 Å². The van der Waals surface area contributed by atoms with Crippen molar-refractivity contribution in [1.82, 2.24) is 15.5 Å². The summed E-state index contributed by atoms with van der Waals surface area (Å²) in [5.74, 6) is 0.237. The zero-order valence-corrected chi connectivity index (χ0v) is 18.8. The van der Waals surface area contributed by atoms with Gasteiger partial charge in [-0.25, -0.2) is 13.6 Å². The van der Waals surface area contributed by atoms with Gasteiger partial charge in [-0.05, 0) is 41.5 Å². The lowest BCUT2D eigenvalue weighted by atomic mass is 10.1. The average Bonchev–Trinajstić information content (AvgIpc) is 2.65. The molecule has 0 radical (unpaired) electrons. The number of nitrogens with one attached hydrogen (secondary N) is 2. The van der Waals surface area contributed by atoms with E-state index in [0.717, 1.165) is 0 Å². The van der Waals surface area contributed by atoms with Gasteiger partial charge < -0.3 is 20.1 Å². The van der Waals surface area contributed by atoms with Gasteiger partial charge in [-0.15, -0.1) is 24.0 Å². The molecule has 1 aliphatic rings. The van der Waals surface area contributed by atoms with Gasteiger partial charge in [-0.3, -0.25) is 9.89 Å². The van der Waals surface area contributed by atoms with Crippen LogP contribution in [0.4, 0.5) is 13.6 Å². The third kappa shape index (κ3) is 7.37. The maximum Gasteiger partial charge on any atom is 0.412 e. The van der Waals surface area contributed by atoms with Crippen molar-refractivity contribution in [2.45, 2.75) is 71.4 Å². The smallest absolute Gasteiger partial charge is 0.412 e. The molecule has 10 heteroatoms. The molecule has 0 aromatic rings. The Bertz CT molecular complexity index is 498. The summed E-state index contributed by atoms with van der Waals surface area (Å²) in [5, 5.41) is 5.48. The topological polar surface area (TPSA) is 75.2 Å². The number of ether oxygens (including phenoxy) is 2. The fourth-order valence-corrected chi connectivity index (χ4v) is 2.72. The Morgan fingerprint density at radius 2 is 1.92 bits per heavy atom. The number of carbonyl (C=O) groups excluding carboxylic acids is 1. The third-order valence-electron chi connectivity index (χ3n) is 3.64. The van der Waals surface area contributed by atoms with E-state index < -0.39 is 30.4 Å². The second kappa shape index (κ2) is 9.86. The van der Waals surface area contributed by atoms with Crippen LogP contribution in [0.2, 0.25) is 0 Å². The third-order valence-corrected chi connectivity index (χ3v) is 3.64. The Kier molecular flexibility index (Phi) is 9.52. The minimum absolute atomic E-state index is 0. The maximum absolute atomic E-state index is 12.6. The van der Waals surface area contributed by atoms with Crippen LogP contribution < -0.4 is 10.6 Å². The molecule has 0 aliphatic carbocycles. The lowest BCUT2D eigenvalue weighted by Crippen LogP contribution is -2.54. The molecule has 0 aromatic heterocycles.